The van der Waals surface area contributed by atoms with Crippen molar-refractivity contribution in [3.63, 3.8) is 0 Å². The molecule has 0 saturated heterocycles. The highest BCUT2D eigenvalue weighted by atomic mass is 19.2. The van der Waals surface area contributed by atoms with E-state index in [0.717, 1.165) is 5.56 Å². The highest BCUT2D eigenvalue weighted by Crippen LogP contribution is 2.29. The highest BCUT2D eigenvalue weighted by molar-refractivity contribution is 6.36. The molecule has 0 amide bonds. The molecule has 2 rings (SSSR count). The minimum absolute atomic E-state index is 0.0713. The maximum absolute atomic E-state index is 13.3. The van der Waals surface area contributed by atoms with Crippen molar-refractivity contribution < 1.29 is 36.3 Å². The average molecular weight is 318 g/mol. The third-order valence-electron chi connectivity index (χ3n) is 2.65. The first kappa shape index (κ1) is 16.1. The van der Waals surface area contributed by atoms with Gasteiger partial charge in [0.2, 0.25) is 29.1 Å². The van der Waals surface area contributed by atoms with Gasteiger partial charge in [-0.1, -0.05) is 17.7 Å². The van der Waals surface area contributed by atoms with Crippen molar-refractivity contribution in [2.45, 2.75) is 6.92 Å². The van der Waals surface area contributed by atoms with Crippen LogP contribution >= 0.6 is 0 Å². The second-order valence-electron chi connectivity index (χ2n) is 4.25. The number of aryl methyl sites for hydroxylation is 1. The molecule has 0 saturated carbocycles. The third-order valence-corrected chi connectivity index (χ3v) is 2.65. The Bertz CT molecular complexity index is 664. The number of rotatable bonds is 4. The molecule has 0 bridgehead atoms. The lowest BCUT2D eigenvalue weighted by Gasteiger charge is -2.13. The quantitative estimate of drug-likeness (QED) is 0.407. The Morgan fingerprint density at radius 1 is 0.773 bits per heavy atom. The minimum Gasteiger partial charge on any atom is -0.501 e. The molecular weight excluding hydrogens is 310 g/mol. The summed E-state index contributed by atoms with van der Waals surface area (Å²) in [5.41, 5.74) is 0.877. The van der Waals surface area contributed by atoms with E-state index in [1.807, 2.05) is 0 Å². The monoisotopic (exact) mass is 318 g/mol. The van der Waals surface area contributed by atoms with Crippen molar-refractivity contribution in [3.05, 3.63) is 58.9 Å². The molecule has 0 fully saturated rings. The molecule has 0 spiro atoms. The van der Waals surface area contributed by atoms with E-state index in [1.165, 1.54) is 12.1 Å². The van der Waals surface area contributed by atoms with Crippen LogP contribution in [0.3, 0.4) is 0 Å². The summed E-state index contributed by atoms with van der Waals surface area (Å²) in [4.78, 5) is 0. The predicted octanol–water partition coefficient (Wildman–Crippen LogP) is 3.13. The van der Waals surface area contributed by atoms with Crippen LogP contribution < -0.4 is 9.31 Å². The summed E-state index contributed by atoms with van der Waals surface area (Å²) >= 11 is 0. The fraction of sp³-hybridized carbons (Fsp3) is 0.0769. The van der Waals surface area contributed by atoms with Crippen molar-refractivity contribution in [2.24, 2.45) is 0 Å². The maximum atomic E-state index is 13.3. The molecule has 0 aliphatic carbocycles. The van der Waals surface area contributed by atoms with Crippen LogP contribution in [0.25, 0.3) is 0 Å². The van der Waals surface area contributed by atoms with Crippen molar-refractivity contribution in [1.82, 2.24) is 0 Å². The number of halogens is 5. The van der Waals surface area contributed by atoms with Crippen molar-refractivity contribution in [3.8, 4) is 11.5 Å². The highest BCUT2D eigenvalue weighted by Gasteiger charge is 2.32. The van der Waals surface area contributed by atoms with Crippen molar-refractivity contribution >= 4 is 7.32 Å². The van der Waals surface area contributed by atoms with Gasteiger partial charge < -0.3 is 14.3 Å². The summed E-state index contributed by atoms with van der Waals surface area (Å²) in [6, 6.07) is 6.06. The van der Waals surface area contributed by atoms with E-state index in [9.17, 15) is 27.0 Å². The van der Waals surface area contributed by atoms with Crippen LogP contribution in [0.5, 0.6) is 11.5 Å². The standard InChI is InChI=1S/C13H8BF5O3/c1-6-2-4-7(5-3-6)21-14(20)22-13-11(18)9(16)8(15)10(17)12(13)19/h2-5,20H,1H3. The Balaban J connectivity index is 2.21. The van der Waals surface area contributed by atoms with E-state index < -0.39 is 42.2 Å². The number of hydrogen-bond donors (Lipinski definition) is 1. The lowest BCUT2D eigenvalue weighted by atomic mass is 10.2. The second-order valence-corrected chi connectivity index (χ2v) is 4.25. The van der Waals surface area contributed by atoms with Crippen LogP contribution in [-0.2, 0) is 0 Å². The lowest BCUT2D eigenvalue weighted by Crippen LogP contribution is -2.31. The topological polar surface area (TPSA) is 38.7 Å². The van der Waals surface area contributed by atoms with Gasteiger partial charge in [-0.2, -0.15) is 8.78 Å². The number of hydrogen-bond acceptors (Lipinski definition) is 3. The van der Waals surface area contributed by atoms with Gasteiger partial charge in [-0.3, -0.25) is 0 Å². The summed E-state index contributed by atoms with van der Waals surface area (Å²) in [7, 11) is -2.27. The molecular formula is C13H8BF5O3. The molecule has 0 unspecified atom stereocenters. The van der Waals surface area contributed by atoms with Gasteiger partial charge in [0.05, 0.1) is 0 Å². The summed E-state index contributed by atoms with van der Waals surface area (Å²) < 4.78 is 74.5. The first-order chi connectivity index (χ1) is 10.3. The first-order valence-corrected chi connectivity index (χ1v) is 5.90. The molecule has 0 aliphatic heterocycles. The Labute approximate surface area is 122 Å². The van der Waals surface area contributed by atoms with E-state index in [-0.39, 0.29) is 5.75 Å². The van der Waals surface area contributed by atoms with Crippen LogP contribution in [0.2, 0.25) is 0 Å². The summed E-state index contributed by atoms with van der Waals surface area (Å²) in [5, 5.41) is 9.41. The van der Waals surface area contributed by atoms with Crippen LogP contribution in [0.1, 0.15) is 5.56 Å². The molecule has 0 atom stereocenters. The third kappa shape index (κ3) is 3.14. The zero-order valence-electron chi connectivity index (χ0n) is 11.0. The van der Waals surface area contributed by atoms with E-state index in [1.54, 1.807) is 19.1 Å². The molecule has 3 nitrogen and oxygen atoms in total. The Hall–Kier alpha value is -2.29. The molecule has 1 N–H and O–H groups in total. The van der Waals surface area contributed by atoms with Gasteiger partial charge in [0.1, 0.15) is 5.75 Å². The number of benzene rings is 2. The summed E-state index contributed by atoms with van der Waals surface area (Å²) in [6.07, 6.45) is 0. The molecule has 22 heavy (non-hydrogen) atoms. The van der Waals surface area contributed by atoms with Crippen LogP contribution in [0.15, 0.2) is 24.3 Å². The molecule has 0 heterocycles. The molecule has 0 aromatic heterocycles. The van der Waals surface area contributed by atoms with Crippen molar-refractivity contribution in [1.29, 1.82) is 0 Å². The first-order valence-electron chi connectivity index (χ1n) is 5.90. The van der Waals surface area contributed by atoms with Crippen LogP contribution in [0.4, 0.5) is 22.0 Å². The summed E-state index contributed by atoms with van der Waals surface area (Å²) in [6.45, 7) is 1.78. The Kier molecular flexibility index (Phi) is 4.55. The van der Waals surface area contributed by atoms with E-state index in [0.29, 0.717) is 0 Å². The SMILES string of the molecule is Cc1ccc(OB(O)Oc2c(F)c(F)c(F)c(F)c2F)cc1. The minimum atomic E-state index is -2.32. The van der Waals surface area contributed by atoms with Gasteiger partial charge in [-0.25, -0.2) is 13.2 Å². The molecule has 0 aliphatic rings. The van der Waals surface area contributed by atoms with E-state index in [2.05, 4.69) is 4.65 Å². The molecule has 9 heteroatoms. The molecule has 116 valence electrons. The van der Waals surface area contributed by atoms with Crippen LogP contribution in [-0.4, -0.2) is 12.3 Å². The van der Waals surface area contributed by atoms with Gasteiger partial charge in [0.25, 0.3) is 0 Å². The molecule has 0 radical (unpaired) electrons. The van der Waals surface area contributed by atoms with Gasteiger partial charge in [-0.05, 0) is 19.1 Å². The maximum Gasteiger partial charge on any atom is 0.785 e. The predicted molar refractivity (Wildman–Crippen MR) is 66.6 cm³/mol. The zero-order chi connectivity index (χ0) is 16.4. The Morgan fingerprint density at radius 3 is 1.73 bits per heavy atom. The normalized spacial score (nSPS) is 10.5. The largest absolute Gasteiger partial charge is 0.785 e. The zero-order valence-corrected chi connectivity index (χ0v) is 11.0. The van der Waals surface area contributed by atoms with E-state index >= 15 is 0 Å². The van der Waals surface area contributed by atoms with Crippen molar-refractivity contribution in [2.75, 3.05) is 0 Å². The molecule has 2 aromatic rings. The van der Waals surface area contributed by atoms with Gasteiger partial charge in [-0.15, -0.1) is 0 Å². The fourth-order valence-electron chi connectivity index (χ4n) is 1.55. The van der Waals surface area contributed by atoms with Gasteiger partial charge in [0, 0.05) is 0 Å². The average Bonchev–Trinajstić information content (AvgIpc) is 2.50. The van der Waals surface area contributed by atoms with Crippen LogP contribution in [0, 0.1) is 36.0 Å². The van der Waals surface area contributed by atoms with Gasteiger partial charge >= 0.3 is 7.32 Å². The van der Waals surface area contributed by atoms with E-state index in [4.69, 9.17) is 4.65 Å². The fourth-order valence-corrected chi connectivity index (χ4v) is 1.55. The Morgan fingerprint density at radius 2 is 1.23 bits per heavy atom. The molecule has 2 aromatic carbocycles. The summed E-state index contributed by atoms with van der Waals surface area (Å²) in [5.74, 6) is -12.7. The lowest BCUT2D eigenvalue weighted by molar-refractivity contribution is 0.270. The smallest absolute Gasteiger partial charge is 0.501 e. The van der Waals surface area contributed by atoms with Gasteiger partial charge in [0.15, 0.2) is 5.75 Å². The second kappa shape index (κ2) is 6.23.